The molecule has 3 heterocycles. The van der Waals surface area contributed by atoms with Crippen molar-refractivity contribution in [3.63, 3.8) is 0 Å². The molecule has 1 saturated heterocycles. The summed E-state index contributed by atoms with van der Waals surface area (Å²) in [5.41, 5.74) is 2.21. The standard InChI is InChI=1S/C30H33N3O6/c1-18-28(29(34)31-2)20-6-5-19(13-24(20)38-18)39-23-7-10-32-22-15-26(25(35-3)14-21(22)23)37-12-11-33-16-27(36-4)30(17-33)8-9-30/h5-7,10,13-15,27H,8-9,11-12,16-17H2,1-4H3,(H,31,34). The molecule has 9 heteroatoms. The first-order valence-electron chi connectivity index (χ1n) is 13.2. The first-order chi connectivity index (χ1) is 18.9. The second-order valence-corrected chi connectivity index (χ2v) is 10.4. The quantitative estimate of drug-likeness (QED) is 0.325. The Hall–Kier alpha value is -3.82. The van der Waals surface area contributed by atoms with Gasteiger partial charge in [0, 0.05) is 68.3 Å². The van der Waals surface area contributed by atoms with Crippen molar-refractivity contribution in [2.24, 2.45) is 5.41 Å². The smallest absolute Gasteiger partial charge is 0.255 e. The molecule has 1 aliphatic heterocycles. The lowest BCUT2D eigenvalue weighted by atomic mass is 10.0. The summed E-state index contributed by atoms with van der Waals surface area (Å²) in [5.74, 6) is 2.84. The number of furan rings is 1. The van der Waals surface area contributed by atoms with Crippen molar-refractivity contribution >= 4 is 27.8 Å². The molecule has 39 heavy (non-hydrogen) atoms. The lowest BCUT2D eigenvalue weighted by molar-refractivity contribution is 0.0693. The van der Waals surface area contributed by atoms with E-state index in [1.165, 1.54) is 12.8 Å². The van der Waals surface area contributed by atoms with Gasteiger partial charge < -0.3 is 28.7 Å². The number of nitrogens with zero attached hydrogens (tertiary/aromatic N) is 2. The van der Waals surface area contributed by atoms with Crippen LogP contribution in [0, 0.1) is 12.3 Å². The van der Waals surface area contributed by atoms with Gasteiger partial charge in [0.1, 0.15) is 29.4 Å². The molecular weight excluding hydrogens is 498 g/mol. The molecule has 1 aliphatic carbocycles. The monoisotopic (exact) mass is 531 g/mol. The van der Waals surface area contributed by atoms with Crippen molar-refractivity contribution in [2.45, 2.75) is 25.9 Å². The SMILES string of the molecule is CNC(=O)c1c(C)oc2cc(Oc3ccnc4cc(OCCN5CC(OC)C6(CC6)C5)c(OC)cc34)ccc12. The number of amides is 1. The van der Waals surface area contributed by atoms with E-state index >= 15 is 0 Å². The van der Waals surface area contributed by atoms with E-state index in [4.69, 9.17) is 23.4 Å². The third kappa shape index (κ3) is 4.66. The van der Waals surface area contributed by atoms with E-state index in [2.05, 4.69) is 15.2 Å². The lowest BCUT2D eigenvalue weighted by Crippen LogP contribution is -2.27. The van der Waals surface area contributed by atoms with E-state index in [9.17, 15) is 4.79 Å². The Balaban J connectivity index is 1.20. The van der Waals surface area contributed by atoms with E-state index in [-0.39, 0.29) is 5.91 Å². The van der Waals surface area contributed by atoms with Crippen molar-refractivity contribution in [1.82, 2.24) is 15.2 Å². The molecule has 0 radical (unpaired) electrons. The maximum atomic E-state index is 12.3. The second-order valence-electron chi connectivity index (χ2n) is 10.4. The van der Waals surface area contributed by atoms with Gasteiger partial charge in [-0.2, -0.15) is 0 Å². The van der Waals surface area contributed by atoms with Crippen LogP contribution in [-0.2, 0) is 4.74 Å². The lowest BCUT2D eigenvalue weighted by Gasteiger charge is -2.17. The molecule has 2 aliphatic rings. The number of ether oxygens (including phenoxy) is 4. The summed E-state index contributed by atoms with van der Waals surface area (Å²) < 4.78 is 29.7. The molecule has 4 aromatic rings. The van der Waals surface area contributed by atoms with Crippen LogP contribution in [0.4, 0.5) is 0 Å². The van der Waals surface area contributed by atoms with Gasteiger partial charge in [-0.25, -0.2) is 0 Å². The number of carbonyl (C=O) groups is 1. The zero-order valence-electron chi connectivity index (χ0n) is 22.7. The van der Waals surface area contributed by atoms with Crippen LogP contribution in [0.5, 0.6) is 23.0 Å². The number of hydrogen-bond donors (Lipinski definition) is 1. The zero-order chi connectivity index (χ0) is 27.1. The zero-order valence-corrected chi connectivity index (χ0v) is 22.7. The fraction of sp³-hybridized carbons (Fsp3) is 0.400. The number of carbonyl (C=O) groups excluding carboxylic acids is 1. The maximum absolute atomic E-state index is 12.3. The molecule has 9 nitrogen and oxygen atoms in total. The van der Waals surface area contributed by atoms with Crippen LogP contribution in [0.3, 0.4) is 0 Å². The normalized spacial score (nSPS) is 18.1. The molecular formula is C30H33N3O6. The minimum absolute atomic E-state index is 0.184. The molecule has 1 spiro atoms. The van der Waals surface area contributed by atoms with Crippen molar-refractivity contribution < 1.29 is 28.2 Å². The molecule has 0 bridgehead atoms. The van der Waals surface area contributed by atoms with Crippen LogP contribution < -0.4 is 19.5 Å². The van der Waals surface area contributed by atoms with Gasteiger partial charge in [-0.3, -0.25) is 14.7 Å². The average Bonchev–Trinajstić information content (AvgIpc) is 3.51. The minimum Gasteiger partial charge on any atom is -0.493 e. The number of rotatable bonds is 9. The van der Waals surface area contributed by atoms with Gasteiger partial charge in [0.2, 0.25) is 0 Å². The molecule has 6 rings (SSSR count). The number of hydrogen-bond acceptors (Lipinski definition) is 8. The van der Waals surface area contributed by atoms with Crippen molar-refractivity contribution in [3.8, 4) is 23.0 Å². The molecule has 1 atom stereocenters. The Labute approximate surface area is 227 Å². The highest BCUT2D eigenvalue weighted by atomic mass is 16.5. The number of benzene rings is 2. The summed E-state index contributed by atoms with van der Waals surface area (Å²) in [6.07, 6.45) is 4.54. The summed E-state index contributed by atoms with van der Waals surface area (Å²) in [4.78, 5) is 19.2. The molecule has 2 aromatic carbocycles. The Morgan fingerprint density at radius 1 is 1.13 bits per heavy atom. The fourth-order valence-corrected chi connectivity index (χ4v) is 5.75. The van der Waals surface area contributed by atoms with E-state index in [1.54, 1.807) is 33.3 Å². The third-order valence-electron chi connectivity index (χ3n) is 7.99. The predicted molar refractivity (Wildman–Crippen MR) is 147 cm³/mol. The second kappa shape index (κ2) is 10.1. The van der Waals surface area contributed by atoms with Crippen LogP contribution >= 0.6 is 0 Å². The number of pyridine rings is 1. The number of fused-ring (bicyclic) bond motifs is 2. The first-order valence-corrected chi connectivity index (χ1v) is 13.2. The topological polar surface area (TPSA) is 95.3 Å². The van der Waals surface area contributed by atoms with Gasteiger partial charge in [0.25, 0.3) is 5.91 Å². The van der Waals surface area contributed by atoms with E-state index < -0.39 is 0 Å². The summed E-state index contributed by atoms with van der Waals surface area (Å²) >= 11 is 0. The number of nitrogens with one attached hydrogen (secondary N) is 1. The molecule has 2 aromatic heterocycles. The number of aryl methyl sites for hydroxylation is 1. The molecule has 1 N–H and O–H groups in total. The highest BCUT2D eigenvalue weighted by Crippen LogP contribution is 2.53. The van der Waals surface area contributed by atoms with Crippen molar-refractivity contribution in [1.29, 1.82) is 0 Å². The highest BCUT2D eigenvalue weighted by molar-refractivity contribution is 6.07. The van der Waals surface area contributed by atoms with Crippen LogP contribution in [-0.4, -0.2) is 69.4 Å². The fourth-order valence-electron chi connectivity index (χ4n) is 5.75. The van der Waals surface area contributed by atoms with E-state index in [0.717, 1.165) is 35.9 Å². The summed E-state index contributed by atoms with van der Waals surface area (Å²) in [6.45, 7) is 5.18. The largest absolute Gasteiger partial charge is 0.493 e. The molecule has 204 valence electrons. The predicted octanol–water partition coefficient (Wildman–Crippen LogP) is 4.94. The Kier molecular flexibility index (Phi) is 6.56. The first kappa shape index (κ1) is 25.5. The van der Waals surface area contributed by atoms with Gasteiger partial charge in [-0.05, 0) is 44.0 Å². The molecule has 2 fully saturated rings. The van der Waals surface area contributed by atoms with Crippen LogP contribution in [0.15, 0.2) is 47.0 Å². The Morgan fingerprint density at radius 2 is 1.97 bits per heavy atom. The van der Waals surface area contributed by atoms with Crippen LogP contribution in [0.1, 0.15) is 29.0 Å². The van der Waals surface area contributed by atoms with Crippen LogP contribution in [0.2, 0.25) is 0 Å². The van der Waals surface area contributed by atoms with Gasteiger partial charge in [-0.1, -0.05) is 0 Å². The third-order valence-corrected chi connectivity index (χ3v) is 7.99. The highest BCUT2D eigenvalue weighted by Gasteiger charge is 2.55. The number of aromatic nitrogens is 1. The molecule has 1 amide bonds. The minimum atomic E-state index is -0.184. The summed E-state index contributed by atoms with van der Waals surface area (Å²) in [5, 5.41) is 4.19. The average molecular weight is 532 g/mol. The van der Waals surface area contributed by atoms with Gasteiger partial charge in [-0.15, -0.1) is 0 Å². The maximum Gasteiger partial charge on any atom is 0.255 e. The Morgan fingerprint density at radius 3 is 2.69 bits per heavy atom. The Bertz CT molecular complexity index is 1540. The van der Waals surface area contributed by atoms with Gasteiger partial charge >= 0.3 is 0 Å². The van der Waals surface area contributed by atoms with Gasteiger partial charge in [0.15, 0.2) is 11.5 Å². The van der Waals surface area contributed by atoms with Gasteiger partial charge in [0.05, 0.1) is 24.3 Å². The molecule has 1 saturated carbocycles. The summed E-state index contributed by atoms with van der Waals surface area (Å²) in [6, 6.07) is 11.0. The molecule has 1 unspecified atom stereocenters. The van der Waals surface area contributed by atoms with Crippen molar-refractivity contribution in [2.75, 3.05) is 47.5 Å². The van der Waals surface area contributed by atoms with E-state index in [1.807, 2.05) is 37.4 Å². The number of methoxy groups -OCH3 is 2. The number of likely N-dealkylation sites (tertiary alicyclic amines) is 1. The van der Waals surface area contributed by atoms with Crippen molar-refractivity contribution in [3.05, 3.63) is 53.9 Å². The van der Waals surface area contributed by atoms with E-state index in [0.29, 0.717) is 58.0 Å². The summed E-state index contributed by atoms with van der Waals surface area (Å²) in [7, 11) is 5.04. The van der Waals surface area contributed by atoms with Crippen LogP contribution in [0.25, 0.3) is 21.9 Å².